The number of rotatable bonds is 9. The summed E-state index contributed by atoms with van der Waals surface area (Å²) in [5.41, 5.74) is 1.62. The molecular weight excluding hydrogens is 324 g/mol. The van der Waals surface area contributed by atoms with Gasteiger partial charge in [0.15, 0.2) is 5.75 Å². The number of nitro groups is 1. The number of carbonyl (C=O) groups is 1. The molecule has 2 rings (SSSR count). The zero-order chi connectivity index (χ0) is 18.2. The lowest BCUT2D eigenvalue weighted by atomic mass is 10.0. The highest BCUT2D eigenvalue weighted by molar-refractivity contribution is 5.67. The van der Waals surface area contributed by atoms with Crippen molar-refractivity contribution in [3.8, 4) is 5.75 Å². The second-order valence-corrected chi connectivity index (χ2v) is 5.61. The third-order valence-electron chi connectivity index (χ3n) is 3.78. The van der Waals surface area contributed by atoms with Crippen LogP contribution in [0.1, 0.15) is 18.4 Å². The largest absolute Gasteiger partial charge is 0.490 e. The molecule has 0 fully saturated rings. The molecular formula is C18H20N2O5. The number of anilines is 1. The number of hydrogen-bond donors (Lipinski definition) is 2. The van der Waals surface area contributed by atoms with Crippen molar-refractivity contribution >= 4 is 17.3 Å². The van der Waals surface area contributed by atoms with Crippen molar-refractivity contribution in [1.82, 2.24) is 0 Å². The minimum Gasteiger partial charge on any atom is -0.490 e. The molecule has 2 N–H and O–H groups in total. The zero-order valence-corrected chi connectivity index (χ0v) is 13.8. The van der Waals surface area contributed by atoms with Gasteiger partial charge in [-0.2, -0.15) is 0 Å². The normalized spacial score (nSPS) is 11.6. The molecule has 132 valence electrons. The Morgan fingerprint density at radius 2 is 2.00 bits per heavy atom. The van der Waals surface area contributed by atoms with E-state index in [2.05, 4.69) is 5.32 Å². The van der Waals surface area contributed by atoms with Crippen LogP contribution in [-0.4, -0.2) is 29.2 Å². The zero-order valence-electron chi connectivity index (χ0n) is 13.8. The molecule has 0 bridgehead atoms. The van der Waals surface area contributed by atoms with Crippen LogP contribution in [0.15, 0.2) is 48.5 Å². The van der Waals surface area contributed by atoms with Crippen LogP contribution in [0.25, 0.3) is 0 Å². The third-order valence-corrected chi connectivity index (χ3v) is 3.78. The molecule has 0 radical (unpaired) electrons. The fraction of sp³-hybridized carbons (Fsp3) is 0.278. The van der Waals surface area contributed by atoms with Gasteiger partial charge in [-0.05, 0) is 24.5 Å². The molecule has 0 aliphatic carbocycles. The first kappa shape index (κ1) is 18.3. The lowest BCUT2D eigenvalue weighted by Crippen LogP contribution is -2.23. The highest BCUT2D eigenvalue weighted by Gasteiger charge is 2.17. The Bertz CT molecular complexity index is 734. The maximum atomic E-state index is 11.0. The molecule has 2 aromatic carbocycles. The molecule has 0 saturated carbocycles. The van der Waals surface area contributed by atoms with Crippen molar-refractivity contribution < 1.29 is 19.6 Å². The monoisotopic (exact) mass is 344 g/mol. The topological polar surface area (TPSA) is 102 Å². The lowest BCUT2D eigenvalue weighted by Gasteiger charge is -2.20. The van der Waals surface area contributed by atoms with Crippen LogP contribution in [0.2, 0.25) is 0 Å². The number of benzene rings is 2. The first-order chi connectivity index (χ1) is 12.0. The van der Waals surface area contributed by atoms with Crippen LogP contribution >= 0.6 is 0 Å². The van der Waals surface area contributed by atoms with Crippen LogP contribution in [0.4, 0.5) is 11.4 Å². The van der Waals surface area contributed by atoms with Gasteiger partial charge in [0.1, 0.15) is 0 Å². The minimum absolute atomic E-state index is 0.0363. The van der Waals surface area contributed by atoms with E-state index in [-0.39, 0.29) is 23.9 Å². The van der Waals surface area contributed by atoms with E-state index in [1.165, 1.54) is 13.2 Å². The number of nitrogens with one attached hydrogen (secondary N) is 1. The Kier molecular flexibility index (Phi) is 6.33. The van der Waals surface area contributed by atoms with Crippen molar-refractivity contribution in [2.24, 2.45) is 0 Å². The molecule has 0 aliphatic heterocycles. The summed E-state index contributed by atoms with van der Waals surface area (Å²) in [4.78, 5) is 21.4. The van der Waals surface area contributed by atoms with Crippen LogP contribution in [-0.2, 0) is 11.2 Å². The van der Waals surface area contributed by atoms with Gasteiger partial charge in [0, 0.05) is 30.3 Å². The van der Waals surface area contributed by atoms with Gasteiger partial charge in [-0.1, -0.05) is 30.3 Å². The maximum absolute atomic E-state index is 11.0. The van der Waals surface area contributed by atoms with Gasteiger partial charge in [0.25, 0.3) is 0 Å². The highest BCUT2D eigenvalue weighted by atomic mass is 16.6. The Morgan fingerprint density at radius 3 is 2.60 bits per heavy atom. The van der Waals surface area contributed by atoms with Crippen LogP contribution in [0.5, 0.6) is 5.75 Å². The number of nitrogens with zero attached hydrogens (tertiary/aromatic N) is 1. The van der Waals surface area contributed by atoms with Gasteiger partial charge in [-0.15, -0.1) is 0 Å². The summed E-state index contributed by atoms with van der Waals surface area (Å²) in [6.45, 7) is 0. The number of hydrogen-bond acceptors (Lipinski definition) is 5. The molecule has 0 heterocycles. The molecule has 2 aromatic rings. The summed E-state index contributed by atoms with van der Waals surface area (Å²) in [6, 6.07) is 14.1. The van der Waals surface area contributed by atoms with Crippen molar-refractivity contribution in [3.05, 3.63) is 64.2 Å². The van der Waals surface area contributed by atoms with Gasteiger partial charge in [0.05, 0.1) is 12.0 Å². The van der Waals surface area contributed by atoms with E-state index in [1.54, 1.807) is 12.1 Å². The fourth-order valence-electron chi connectivity index (χ4n) is 2.58. The number of ether oxygens (including phenoxy) is 1. The summed E-state index contributed by atoms with van der Waals surface area (Å²) >= 11 is 0. The van der Waals surface area contributed by atoms with E-state index < -0.39 is 10.9 Å². The Labute approximate surface area is 145 Å². The van der Waals surface area contributed by atoms with Crippen LogP contribution in [0.3, 0.4) is 0 Å². The summed E-state index contributed by atoms with van der Waals surface area (Å²) in [6.07, 6.45) is 1.12. The highest BCUT2D eigenvalue weighted by Crippen LogP contribution is 2.30. The summed E-state index contributed by atoms with van der Waals surface area (Å²) in [5.74, 6) is -0.701. The van der Waals surface area contributed by atoms with Crippen molar-refractivity contribution in [2.45, 2.75) is 25.3 Å². The first-order valence-corrected chi connectivity index (χ1v) is 7.84. The average Bonchev–Trinajstić information content (AvgIpc) is 2.60. The fourth-order valence-corrected chi connectivity index (χ4v) is 2.58. The Hall–Kier alpha value is -3.09. The summed E-state index contributed by atoms with van der Waals surface area (Å²) in [7, 11) is 1.37. The Balaban J connectivity index is 2.17. The van der Waals surface area contributed by atoms with Crippen molar-refractivity contribution in [1.29, 1.82) is 0 Å². The molecule has 7 heteroatoms. The smallest absolute Gasteiger partial charge is 0.311 e. The molecule has 1 unspecified atom stereocenters. The van der Waals surface area contributed by atoms with Crippen molar-refractivity contribution in [2.75, 3.05) is 12.4 Å². The van der Waals surface area contributed by atoms with Crippen molar-refractivity contribution in [3.63, 3.8) is 0 Å². The van der Waals surface area contributed by atoms with Gasteiger partial charge < -0.3 is 15.2 Å². The molecule has 0 amide bonds. The van der Waals surface area contributed by atoms with E-state index in [0.29, 0.717) is 18.5 Å². The number of carboxylic acids is 1. The molecule has 0 aromatic heterocycles. The number of methoxy groups -OCH3 is 1. The van der Waals surface area contributed by atoms with E-state index in [0.717, 1.165) is 5.56 Å². The molecule has 0 saturated heterocycles. The van der Waals surface area contributed by atoms with E-state index in [9.17, 15) is 14.9 Å². The van der Waals surface area contributed by atoms with Crippen LogP contribution in [0, 0.1) is 10.1 Å². The molecule has 0 spiro atoms. The number of aliphatic carboxylic acids is 1. The predicted molar refractivity (Wildman–Crippen MR) is 94.1 cm³/mol. The van der Waals surface area contributed by atoms with Gasteiger partial charge >= 0.3 is 11.7 Å². The first-order valence-electron chi connectivity index (χ1n) is 7.84. The number of carboxylic acid groups (broad SMARTS) is 1. The van der Waals surface area contributed by atoms with Crippen LogP contribution < -0.4 is 10.1 Å². The second kappa shape index (κ2) is 8.68. The quantitative estimate of drug-likeness (QED) is 0.533. The average molecular weight is 344 g/mol. The SMILES string of the molecule is COc1cc(NC(CCC(=O)O)Cc2ccccc2)ccc1[N+](=O)[O-]. The minimum atomic E-state index is -0.860. The molecule has 0 aliphatic rings. The van der Waals surface area contributed by atoms with Gasteiger partial charge in [-0.25, -0.2) is 0 Å². The summed E-state index contributed by atoms with van der Waals surface area (Å²) in [5, 5.41) is 23.2. The maximum Gasteiger partial charge on any atom is 0.311 e. The third kappa shape index (κ3) is 5.49. The standard InChI is InChI=1S/C18H20N2O5/c1-25-17-12-15(7-9-16(17)20(23)24)19-14(8-10-18(21)22)11-13-5-3-2-4-6-13/h2-7,9,12,14,19H,8,10-11H2,1H3,(H,21,22). The molecule has 1 atom stereocenters. The summed E-state index contributed by atoms with van der Waals surface area (Å²) < 4.78 is 5.07. The molecule has 25 heavy (non-hydrogen) atoms. The lowest BCUT2D eigenvalue weighted by molar-refractivity contribution is -0.385. The number of nitro benzene ring substituents is 1. The Morgan fingerprint density at radius 1 is 1.28 bits per heavy atom. The van der Waals surface area contributed by atoms with E-state index in [4.69, 9.17) is 9.84 Å². The van der Waals surface area contributed by atoms with Gasteiger partial charge in [-0.3, -0.25) is 14.9 Å². The van der Waals surface area contributed by atoms with Gasteiger partial charge in [0.2, 0.25) is 0 Å². The second-order valence-electron chi connectivity index (χ2n) is 5.61. The van der Waals surface area contributed by atoms with E-state index in [1.807, 2.05) is 30.3 Å². The predicted octanol–water partition coefficient (Wildman–Crippen LogP) is 3.49. The van der Waals surface area contributed by atoms with E-state index >= 15 is 0 Å². The molecule has 7 nitrogen and oxygen atoms in total.